The zero-order valence-electron chi connectivity index (χ0n) is 27.2. The number of carbonyl (C=O) groups excluding carboxylic acids is 2. The molecule has 2 unspecified atom stereocenters. The van der Waals surface area contributed by atoms with Crippen LogP contribution >= 0.6 is 0 Å². The average molecular weight is 553 g/mol. The molecule has 232 valence electrons. The fourth-order valence-electron chi connectivity index (χ4n) is 5.69. The van der Waals surface area contributed by atoms with Gasteiger partial charge in [-0.15, -0.1) is 0 Å². The van der Waals surface area contributed by atoms with E-state index in [9.17, 15) is 9.59 Å². The van der Waals surface area contributed by atoms with Crippen molar-refractivity contribution in [2.75, 3.05) is 13.2 Å². The van der Waals surface area contributed by atoms with E-state index in [1.54, 1.807) is 0 Å². The minimum atomic E-state index is -0.0199. The number of esters is 2. The summed E-state index contributed by atoms with van der Waals surface area (Å²) in [6, 6.07) is 0. The van der Waals surface area contributed by atoms with Gasteiger partial charge in [-0.1, -0.05) is 144 Å². The van der Waals surface area contributed by atoms with Crippen LogP contribution in [0.4, 0.5) is 0 Å². The molecule has 4 nitrogen and oxygen atoms in total. The number of unbranched alkanes of at least 4 members (excludes halogenated alkanes) is 16. The highest BCUT2D eigenvalue weighted by atomic mass is 16.5. The lowest BCUT2D eigenvalue weighted by molar-refractivity contribution is -0.153. The van der Waals surface area contributed by atoms with Gasteiger partial charge >= 0.3 is 11.9 Å². The summed E-state index contributed by atoms with van der Waals surface area (Å²) in [6.45, 7) is 14.5. The molecule has 0 aromatic carbocycles. The first-order valence-corrected chi connectivity index (χ1v) is 17.2. The topological polar surface area (TPSA) is 52.6 Å². The number of carbonyl (C=O) groups is 2. The van der Waals surface area contributed by atoms with Gasteiger partial charge in [0.05, 0.1) is 19.1 Å². The van der Waals surface area contributed by atoms with Gasteiger partial charge in [0.15, 0.2) is 0 Å². The molecule has 0 aliphatic rings. The molecule has 0 aliphatic heterocycles. The van der Waals surface area contributed by atoms with Crippen LogP contribution in [0, 0.1) is 23.7 Å². The number of rotatable bonds is 28. The van der Waals surface area contributed by atoms with Gasteiger partial charge in [0.1, 0.15) is 0 Å². The minimum absolute atomic E-state index is 0.00547. The van der Waals surface area contributed by atoms with Crippen LogP contribution in [-0.4, -0.2) is 25.2 Å². The van der Waals surface area contributed by atoms with E-state index in [4.69, 9.17) is 9.47 Å². The summed E-state index contributed by atoms with van der Waals surface area (Å²) in [7, 11) is 0. The summed E-state index contributed by atoms with van der Waals surface area (Å²) in [5, 5.41) is 0. The first-order chi connectivity index (χ1) is 18.8. The molecular weight excluding hydrogens is 484 g/mol. The molecule has 0 rings (SSSR count). The standard InChI is InChI=1S/C35H68O4/c1-7-9-11-13-20-24-28-38-33(36)27-23-19-17-15-16-18-22-26-32(30(3)4)34(31(5)6)35(37)39-29-25-21-14-12-10-8-2/h30-32,34H,7-29H2,1-6H3. The first kappa shape index (κ1) is 37.9. The molecule has 39 heavy (non-hydrogen) atoms. The highest BCUT2D eigenvalue weighted by molar-refractivity contribution is 5.73. The third-order valence-corrected chi connectivity index (χ3v) is 8.23. The smallest absolute Gasteiger partial charge is 0.309 e. The Kier molecular flexibility index (Phi) is 26.4. The Morgan fingerprint density at radius 1 is 0.513 bits per heavy atom. The van der Waals surface area contributed by atoms with E-state index in [1.165, 1.54) is 89.9 Å². The van der Waals surface area contributed by atoms with Crippen LogP contribution in [0.2, 0.25) is 0 Å². The second-order valence-corrected chi connectivity index (χ2v) is 12.6. The van der Waals surface area contributed by atoms with Crippen molar-refractivity contribution in [3.63, 3.8) is 0 Å². The molecule has 0 radical (unpaired) electrons. The van der Waals surface area contributed by atoms with Crippen LogP contribution in [0.1, 0.15) is 176 Å². The Hall–Kier alpha value is -1.06. The van der Waals surface area contributed by atoms with Crippen molar-refractivity contribution in [1.29, 1.82) is 0 Å². The SMILES string of the molecule is CCCCCCCCOC(=O)CCCCCCCCCC(C(C)C)C(C(=O)OCCCCCCCC)C(C)C. The molecule has 0 fully saturated rings. The maximum absolute atomic E-state index is 13.0. The van der Waals surface area contributed by atoms with E-state index in [0.29, 0.717) is 37.4 Å². The van der Waals surface area contributed by atoms with E-state index in [2.05, 4.69) is 41.5 Å². The molecule has 0 N–H and O–H groups in total. The van der Waals surface area contributed by atoms with Gasteiger partial charge in [-0.25, -0.2) is 0 Å². The van der Waals surface area contributed by atoms with Crippen LogP contribution in [0.25, 0.3) is 0 Å². The molecule has 0 bridgehead atoms. The van der Waals surface area contributed by atoms with Crippen LogP contribution in [0.5, 0.6) is 0 Å². The van der Waals surface area contributed by atoms with Crippen LogP contribution in [0.15, 0.2) is 0 Å². The van der Waals surface area contributed by atoms with Crippen molar-refractivity contribution >= 4 is 11.9 Å². The maximum Gasteiger partial charge on any atom is 0.309 e. The van der Waals surface area contributed by atoms with E-state index >= 15 is 0 Å². The predicted molar refractivity (Wildman–Crippen MR) is 167 cm³/mol. The van der Waals surface area contributed by atoms with Gasteiger partial charge in [0, 0.05) is 6.42 Å². The van der Waals surface area contributed by atoms with Gasteiger partial charge in [-0.2, -0.15) is 0 Å². The summed E-state index contributed by atoms with van der Waals surface area (Å²) in [4.78, 5) is 24.9. The van der Waals surface area contributed by atoms with E-state index in [0.717, 1.165) is 38.5 Å². The largest absolute Gasteiger partial charge is 0.466 e. The van der Waals surface area contributed by atoms with Gasteiger partial charge in [-0.05, 0) is 43.4 Å². The molecule has 0 saturated carbocycles. The lowest BCUT2D eigenvalue weighted by Crippen LogP contribution is -2.33. The highest BCUT2D eigenvalue weighted by Crippen LogP contribution is 2.33. The molecule has 0 amide bonds. The van der Waals surface area contributed by atoms with E-state index in [1.807, 2.05) is 0 Å². The quantitative estimate of drug-likeness (QED) is 0.0715. The summed E-state index contributed by atoms with van der Waals surface area (Å²) in [6.07, 6.45) is 24.4. The van der Waals surface area contributed by atoms with Gasteiger partial charge < -0.3 is 9.47 Å². The molecule has 0 heterocycles. The zero-order valence-corrected chi connectivity index (χ0v) is 27.2. The number of ether oxygens (including phenoxy) is 2. The minimum Gasteiger partial charge on any atom is -0.466 e. The third kappa shape index (κ3) is 22.3. The van der Waals surface area contributed by atoms with Gasteiger partial charge in [0.2, 0.25) is 0 Å². The summed E-state index contributed by atoms with van der Waals surface area (Å²) >= 11 is 0. The van der Waals surface area contributed by atoms with E-state index < -0.39 is 0 Å². The number of hydrogen-bond donors (Lipinski definition) is 0. The Labute approximate surface area is 244 Å². The van der Waals surface area contributed by atoms with Crippen molar-refractivity contribution in [2.45, 2.75) is 176 Å². The highest BCUT2D eigenvalue weighted by Gasteiger charge is 2.33. The summed E-state index contributed by atoms with van der Waals surface area (Å²) in [5.41, 5.74) is 0. The Balaban J connectivity index is 4.00. The molecule has 0 aromatic heterocycles. The van der Waals surface area contributed by atoms with E-state index in [-0.39, 0.29) is 17.9 Å². The van der Waals surface area contributed by atoms with Crippen molar-refractivity contribution in [3.05, 3.63) is 0 Å². The third-order valence-electron chi connectivity index (χ3n) is 8.23. The lowest BCUT2D eigenvalue weighted by Gasteiger charge is -2.31. The molecule has 0 aliphatic carbocycles. The zero-order chi connectivity index (χ0) is 29.1. The first-order valence-electron chi connectivity index (χ1n) is 17.2. The average Bonchev–Trinajstić information content (AvgIpc) is 2.89. The fraction of sp³-hybridized carbons (Fsp3) is 0.943. The normalized spacial score (nSPS) is 13.1. The lowest BCUT2D eigenvalue weighted by atomic mass is 9.74. The second kappa shape index (κ2) is 27.1. The molecule has 2 atom stereocenters. The summed E-state index contributed by atoms with van der Waals surface area (Å²) in [5.74, 6) is 1.21. The number of hydrogen-bond acceptors (Lipinski definition) is 4. The molecule has 0 aromatic rings. The van der Waals surface area contributed by atoms with Crippen molar-refractivity contribution in [2.24, 2.45) is 23.7 Å². The molecule has 4 heteroatoms. The second-order valence-electron chi connectivity index (χ2n) is 12.6. The molecule has 0 spiro atoms. The maximum atomic E-state index is 13.0. The fourth-order valence-corrected chi connectivity index (χ4v) is 5.69. The van der Waals surface area contributed by atoms with Crippen molar-refractivity contribution < 1.29 is 19.1 Å². The van der Waals surface area contributed by atoms with Gasteiger partial charge in [0.25, 0.3) is 0 Å². The van der Waals surface area contributed by atoms with Crippen LogP contribution in [-0.2, 0) is 19.1 Å². The Morgan fingerprint density at radius 3 is 1.44 bits per heavy atom. The van der Waals surface area contributed by atoms with Crippen LogP contribution in [0.3, 0.4) is 0 Å². The molecule has 0 saturated heterocycles. The van der Waals surface area contributed by atoms with Crippen molar-refractivity contribution in [1.82, 2.24) is 0 Å². The monoisotopic (exact) mass is 553 g/mol. The predicted octanol–water partition coefficient (Wildman–Crippen LogP) is 10.8. The van der Waals surface area contributed by atoms with Crippen molar-refractivity contribution in [3.8, 4) is 0 Å². The Bertz CT molecular complexity index is 557. The summed E-state index contributed by atoms with van der Waals surface area (Å²) < 4.78 is 11.2. The Morgan fingerprint density at radius 2 is 0.949 bits per heavy atom. The molecular formula is C35H68O4. The van der Waals surface area contributed by atoms with Crippen LogP contribution < -0.4 is 0 Å². The van der Waals surface area contributed by atoms with Gasteiger partial charge in [-0.3, -0.25) is 9.59 Å².